The van der Waals surface area contributed by atoms with Crippen LogP contribution in [-0.2, 0) is 4.79 Å². The number of aryl methyl sites for hydroxylation is 1. The van der Waals surface area contributed by atoms with Crippen molar-refractivity contribution in [2.45, 2.75) is 12.1 Å². The Hall–Kier alpha value is -2.80. The molecule has 0 saturated heterocycles. The maximum absolute atomic E-state index is 12.6. The van der Waals surface area contributed by atoms with Crippen molar-refractivity contribution in [1.29, 1.82) is 0 Å². The average molecular weight is 469 g/mol. The second kappa shape index (κ2) is 9.56. The zero-order valence-electron chi connectivity index (χ0n) is 16.5. The molecule has 0 fully saturated rings. The highest BCUT2D eigenvalue weighted by atomic mass is 35.5. The topological polar surface area (TPSA) is 59.8 Å². The number of rotatable bonds is 6. The second-order valence-electron chi connectivity index (χ2n) is 6.78. The van der Waals surface area contributed by atoms with E-state index in [9.17, 15) is 4.79 Å². The Labute approximate surface area is 194 Å². The summed E-state index contributed by atoms with van der Waals surface area (Å²) in [6.07, 6.45) is 0. The standard InChI is InChI=1S/C23H18Cl2N4OS/c1-15-10-12-17(13-11-15)29-22(16-6-3-2-4-7-16)27-28-23(29)31-14-20(30)26-21-18(24)8-5-9-19(21)25/h2-13H,14H2,1H3,(H,26,30). The number of hydrogen-bond acceptors (Lipinski definition) is 4. The molecule has 0 bridgehead atoms. The van der Waals surface area contributed by atoms with Crippen LogP contribution in [0.1, 0.15) is 5.56 Å². The molecule has 4 rings (SSSR count). The Bertz CT molecular complexity index is 1190. The number of carbonyl (C=O) groups is 1. The smallest absolute Gasteiger partial charge is 0.234 e. The van der Waals surface area contributed by atoms with Crippen molar-refractivity contribution in [3.63, 3.8) is 0 Å². The molecule has 156 valence electrons. The Morgan fingerprint density at radius 2 is 1.61 bits per heavy atom. The van der Waals surface area contributed by atoms with Crippen LogP contribution in [0.15, 0.2) is 78.0 Å². The predicted molar refractivity (Wildman–Crippen MR) is 127 cm³/mol. The van der Waals surface area contributed by atoms with Crippen molar-refractivity contribution in [3.05, 3.63) is 88.4 Å². The summed E-state index contributed by atoms with van der Waals surface area (Å²) in [6, 6.07) is 23.0. The fourth-order valence-electron chi connectivity index (χ4n) is 2.99. The van der Waals surface area contributed by atoms with Gasteiger partial charge in [0.2, 0.25) is 5.91 Å². The SMILES string of the molecule is Cc1ccc(-n2c(SCC(=O)Nc3c(Cl)cccc3Cl)nnc2-c2ccccc2)cc1. The Kier molecular flexibility index (Phi) is 6.61. The lowest BCUT2D eigenvalue weighted by atomic mass is 10.2. The van der Waals surface area contributed by atoms with E-state index in [-0.39, 0.29) is 11.7 Å². The molecule has 0 aliphatic heterocycles. The molecule has 4 aromatic rings. The number of benzene rings is 3. The van der Waals surface area contributed by atoms with Gasteiger partial charge in [-0.15, -0.1) is 10.2 Å². The van der Waals surface area contributed by atoms with Crippen LogP contribution in [0.5, 0.6) is 0 Å². The van der Waals surface area contributed by atoms with Gasteiger partial charge in [0.15, 0.2) is 11.0 Å². The van der Waals surface area contributed by atoms with Gasteiger partial charge in [0.05, 0.1) is 21.5 Å². The number of amides is 1. The average Bonchev–Trinajstić information content (AvgIpc) is 3.20. The van der Waals surface area contributed by atoms with Gasteiger partial charge in [-0.2, -0.15) is 0 Å². The lowest BCUT2D eigenvalue weighted by Crippen LogP contribution is -2.15. The number of halogens is 2. The summed E-state index contributed by atoms with van der Waals surface area (Å²) in [6.45, 7) is 2.04. The van der Waals surface area contributed by atoms with Crippen LogP contribution in [0.4, 0.5) is 5.69 Å². The van der Waals surface area contributed by atoms with Gasteiger partial charge in [-0.1, -0.05) is 89.1 Å². The highest BCUT2D eigenvalue weighted by Gasteiger charge is 2.18. The molecule has 0 spiro atoms. The molecule has 1 aromatic heterocycles. The lowest BCUT2D eigenvalue weighted by molar-refractivity contribution is -0.113. The number of anilines is 1. The maximum atomic E-state index is 12.6. The normalized spacial score (nSPS) is 10.8. The maximum Gasteiger partial charge on any atom is 0.234 e. The molecule has 0 radical (unpaired) electrons. The van der Waals surface area contributed by atoms with Crippen molar-refractivity contribution < 1.29 is 4.79 Å². The van der Waals surface area contributed by atoms with E-state index < -0.39 is 0 Å². The van der Waals surface area contributed by atoms with Crippen LogP contribution >= 0.6 is 35.0 Å². The highest BCUT2D eigenvalue weighted by molar-refractivity contribution is 7.99. The Morgan fingerprint density at radius 1 is 0.935 bits per heavy atom. The largest absolute Gasteiger partial charge is 0.323 e. The summed E-state index contributed by atoms with van der Waals surface area (Å²) in [5.74, 6) is 0.599. The van der Waals surface area contributed by atoms with Crippen molar-refractivity contribution in [2.75, 3.05) is 11.1 Å². The van der Waals surface area contributed by atoms with E-state index in [1.807, 2.05) is 66.1 Å². The van der Waals surface area contributed by atoms with Gasteiger partial charge < -0.3 is 5.32 Å². The minimum atomic E-state index is -0.236. The van der Waals surface area contributed by atoms with Crippen LogP contribution in [0, 0.1) is 6.92 Å². The first-order chi connectivity index (χ1) is 15.0. The van der Waals surface area contributed by atoms with E-state index >= 15 is 0 Å². The molecule has 1 heterocycles. The first-order valence-corrected chi connectivity index (χ1v) is 11.2. The molecule has 0 atom stereocenters. The summed E-state index contributed by atoms with van der Waals surface area (Å²) >= 11 is 13.6. The third-order valence-electron chi connectivity index (χ3n) is 4.52. The van der Waals surface area contributed by atoms with E-state index in [2.05, 4.69) is 15.5 Å². The molecule has 1 N–H and O–H groups in total. The van der Waals surface area contributed by atoms with Crippen molar-refractivity contribution in [2.24, 2.45) is 0 Å². The fraction of sp³-hybridized carbons (Fsp3) is 0.0870. The second-order valence-corrected chi connectivity index (χ2v) is 8.53. The summed E-state index contributed by atoms with van der Waals surface area (Å²) < 4.78 is 1.95. The van der Waals surface area contributed by atoms with Gasteiger partial charge in [0.25, 0.3) is 0 Å². The molecule has 0 saturated carbocycles. The quantitative estimate of drug-likeness (QED) is 0.338. The molecule has 31 heavy (non-hydrogen) atoms. The summed E-state index contributed by atoms with van der Waals surface area (Å²) in [7, 11) is 0. The van der Waals surface area contributed by atoms with Gasteiger partial charge in [-0.25, -0.2) is 0 Å². The first kappa shape index (κ1) is 21.4. The Morgan fingerprint density at radius 3 is 2.29 bits per heavy atom. The first-order valence-electron chi connectivity index (χ1n) is 9.47. The summed E-state index contributed by atoms with van der Waals surface area (Å²) in [5, 5.41) is 12.9. The number of aromatic nitrogens is 3. The molecule has 1 amide bonds. The van der Waals surface area contributed by atoms with Crippen LogP contribution in [0.25, 0.3) is 17.1 Å². The van der Waals surface area contributed by atoms with Crippen LogP contribution in [0.3, 0.4) is 0 Å². The molecule has 8 heteroatoms. The van der Waals surface area contributed by atoms with Crippen LogP contribution in [0.2, 0.25) is 10.0 Å². The number of thioether (sulfide) groups is 1. The molecular formula is C23H18Cl2N4OS. The summed E-state index contributed by atoms with van der Waals surface area (Å²) in [4.78, 5) is 12.6. The minimum absolute atomic E-state index is 0.125. The monoisotopic (exact) mass is 468 g/mol. The number of nitrogens with one attached hydrogen (secondary N) is 1. The number of nitrogens with zero attached hydrogens (tertiary/aromatic N) is 3. The van der Waals surface area contributed by atoms with E-state index in [4.69, 9.17) is 23.2 Å². The van der Waals surface area contributed by atoms with Gasteiger partial charge >= 0.3 is 0 Å². The Balaban J connectivity index is 1.60. The van der Waals surface area contributed by atoms with Gasteiger partial charge in [0.1, 0.15) is 0 Å². The van der Waals surface area contributed by atoms with E-state index in [0.717, 1.165) is 16.8 Å². The van der Waals surface area contributed by atoms with Crippen molar-refractivity contribution in [3.8, 4) is 17.1 Å². The third kappa shape index (κ3) is 4.93. The fourth-order valence-corrected chi connectivity index (χ4v) is 4.23. The van der Waals surface area contributed by atoms with Gasteiger partial charge in [-0.3, -0.25) is 9.36 Å². The minimum Gasteiger partial charge on any atom is -0.323 e. The molecular weight excluding hydrogens is 451 g/mol. The molecule has 0 aliphatic carbocycles. The number of hydrogen-bond donors (Lipinski definition) is 1. The third-order valence-corrected chi connectivity index (χ3v) is 6.08. The number of para-hydroxylation sites is 1. The zero-order valence-corrected chi connectivity index (χ0v) is 18.9. The van der Waals surface area contributed by atoms with Crippen molar-refractivity contribution in [1.82, 2.24) is 14.8 Å². The van der Waals surface area contributed by atoms with E-state index in [1.165, 1.54) is 11.8 Å². The van der Waals surface area contributed by atoms with E-state index in [0.29, 0.717) is 26.7 Å². The summed E-state index contributed by atoms with van der Waals surface area (Å²) in [5.41, 5.74) is 3.42. The molecule has 3 aromatic carbocycles. The zero-order chi connectivity index (χ0) is 21.8. The van der Waals surface area contributed by atoms with E-state index in [1.54, 1.807) is 18.2 Å². The molecule has 0 unspecified atom stereocenters. The predicted octanol–water partition coefficient (Wildman–Crippen LogP) is 6.28. The van der Waals surface area contributed by atoms with Crippen LogP contribution in [-0.4, -0.2) is 26.4 Å². The molecule has 0 aliphatic rings. The van der Waals surface area contributed by atoms with Crippen molar-refractivity contribution >= 4 is 46.6 Å². The number of carbonyl (C=O) groups excluding carboxylic acids is 1. The van der Waals surface area contributed by atoms with Crippen LogP contribution < -0.4 is 5.32 Å². The van der Waals surface area contributed by atoms with Gasteiger partial charge in [-0.05, 0) is 31.2 Å². The highest BCUT2D eigenvalue weighted by Crippen LogP contribution is 2.31. The lowest BCUT2D eigenvalue weighted by Gasteiger charge is -2.11. The molecule has 5 nitrogen and oxygen atoms in total. The van der Waals surface area contributed by atoms with Gasteiger partial charge in [0, 0.05) is 11.3 Å².